The third kappa shape index (κ3) is 3.11. The van der Waals surface area contributed by atoms with Gasteiger partial charge in [0.2, 0.25) is 5.91 Å². The monoisotopic (exact) mass is 274 g/mol. The molecule has 1 N–H and O–H groups in total. The molecule has 2 aliphatic carbocycles. The summed E-state index contributed by atoms with van der Waals surface area (Å²) >= 11 is 0. The largest absolute Gasteiger partial charge is 0.460 e. The Morgan fingerprint density at radius 1 is 1.35 bits per heavy atom. The second kappa shape index (κ2) is 5.81. The molecule has 1 amide bonds. The lowest BCUT2D eigenvalue weighted by molar-refractivity contribution is -0.125. The van der Waals surface area contributed by atoms with Gasteiger partial charge in [0.1, 0.15) is 11.5 Å². The van der Waals surface area contributed by atoms with Crippen LogP contribution < -0.4 is 5.43 Å². The van der Waals surface area contributed by atoms with Crippen molar-refractivity contribution in [1.29, 1.82) is 0 Å². The van der Waals surface area contributed by atoms with E-state index in [0.29, 0.717) is 11.7 Å². The number of hydrogen-bond acceptors (Lipinski definition) is 3. The molecule has 2 fully saturated rings. The van der Waals surface area contributed by atoms with Crippen molar-refractivity contribution in [2.75, 3.05) is 0 Å². The first-order valence-electron chi connectivity index (χ1n) is 7.66. The normalized spacial score (nSPS) is 26.9. The Morgan fingerprint density at radius 2 is 2.10 bits per heavy atom. The lowest BCUT2D eigenvalue weighted by atomic mass is 9.89. The average molecular weight is 274 g/mol. The van der Waals surface area contributed by atoms with Crippen LogP contribution in [-0.2, 0) is 4.79 Å². The van der Waals surface area contributed by atoms with Crippen molar-refractivity contribution in [2.45, 2.75) is 51.4 Å². The molecule has 0 unspecified atom stereocenters. The number of rotatable bonds is 4. The minimum atomic E-state index is 0.0449. The van der Waals surface area contributed by atoms with Crippen LogP contribution in [0.4, 0.5) is 0 Å². The van der Waals surface area contributed by atoms with Crippen molar-refractivity contribution in [3.8, 4) is 0 Å². The fraction of sp³-hybridized carbons (Fsp3) is 0.625. The van der Waals surface area contributed by atoms with E-state index in [1.54, 1.807) is 6.21 Å². The van der Waals surface area contributed by atoms with Crippen molar-refractivity contribution in [1.82, 2.24) is 5.43 Å². The zero-order valence-corrected chi connectivity index (χ0v) is 12.0. The van der Waals surface area contributed by atoms with E-state index in [1.165, 1.54) is 12.8 Å². The molecule has 3 rings (SSSR count). The molecule has 1 aromatic heterocycles. The molecule has 108 valence electrons. The molecule has 2 saturated carbocycles. The summed E-state index contributed by atoms with van der Waals surface area (Å²) in [6.07, 6.45) is 8.35. The zero-order valence-electron chi connectivity index (χ0n) is 12.0. The van der Waals surface area contributed by atoms with Crippen LogP contribution in [0.1, 0.15) is 62.9 Å². The Hall–Kier alpha value is -1.58. The third-order valence-electron chi connectivity index (χ3n) is 4.46. The van der Waals surface area contributed by atoms with Gasteiger partial charge >= 0.3 is 0 Å². The van der Waals surface area contributed by atoms with Crippen molar-refractivity contribution in [3.05, 3.63) is 23.7 Å². The van der Waals surface area contributed by atoms with E-state index in [-0.39, 0.29) is 11.8 Å². The summed E-state index contributed by atoms with van der Waals surface area (Å²) in [5.74, 6) is 3.25. The molecule has 0 bridgehead atoms. The highest BCUT2D eigenvalue weighted by atomic mass is 16.3. The van der Waals surface area contributed by atoms with Gasteiger partial charge in [0.05, 0.1) is 6.21 Å². The molecule has 1 aromatic rings. The van der Waals surface area contributed by atoms with Crippen LogP contribution in [0.15, 0.2) is 21.7 Å². The topological polar surface area (TPSA) is 54.6 Å². The smallest absolute Gasteiger partial charge is 0.243 e. The van der Waals surface area contributed by atoms with Gasteiger partial charge in [-0.3, -0.25) is 4.79 Å². The Balaban J connectivity index is 1.49. The quantitative estimate of drug-likeness (QED) is 0.675. The maximum absolute atomic E-state index is 11.9. The molecule has 4 heteroatoms. The highest BCUT2D eigenvalue weighted by Crippen LogP contribution is 2.47. The number of carbonyl (C=O) groups excluding carboxylic acids is 1. The highest BCUT2D eigenvalue weighted by molar-refractivity contribution is 5.81. The van der Waals surface area contributed by atoms with E-state index in [2.05, 4.69) is 17.5 Å². The van der Waals surface area contributed by atoms with Gasteiger partial charge < -0.3 is 4.42 Å². The van der Waals surface area contributed by atoms with E-state index in [1.807, 2.05) is 12.1 Å². The van der Waals surface area contributed by atoms with E-state index in [4.69, 9.17) is 4.42 Å². The average Bonchev–Trinajstić information content (AvgIpc) is 3.01. The third-order valence-corrected chi connectivity index (χ3v) is 4.46. The maximum atomic E-state index is 11.9. The van der Waals surface area contributed by atoms with Crippen LogP contribution in [0.2, 0.25) is 0 Å². The molecule has 2 atom stereocenters. The fourth-order valence-electron chi connectivity index (χ4n) is 2.97. The zero-order chi connectivity index (χ0) is 13.9. The summed E-state index contributed by atoms with van der Waals surface area (Å²) in [5.41, 5.74) is 2.63. The van der Waals surface area contributed by atoms with Crippen LogP contribution in [0.25, 0.3) is 0 Å². The molecule has 0 aliphatic heterocycles. The Kier molecular flexibility index (Phi) is 3.90. The Labute approximate surface area is 119 Å². The molecular formula is C16H22N2O2. The summed E-state index contributed by atoms with van der Waals surface area (Å²) in [6, 6.07) is 3.93. The summed E-state index contributed by atoms with van der Waals surface area (Å²) in [4.78, 5) is 11.9. The number of carbonyl (C=O) groups is 1. The van der Waals surface area contributed by atoms with E-state index in [9.17, 15) is 4.79 Å². The molecule has 2 aliphatic rings. The highest BCUT2D eigenvalue weighted by Gasteiger charge is 2.36. The second-order valence-electron chi connectivity index (χ2n) is 6.13. The number of hydrogen-bond donors (Lipinski definition) is 1. The van der Waals surface area contributed by atoms with E-state index in [0.717, 1.165) is 37.4 Å². The minimum Gasteiger partial charge on any atom is -0.460 e. The molecule has 0 aromatic carbocycles. The molecule has 0 spiro atoms. The van der Waals surface area contributed by atoms with Crippen molar-refractivity contribution < 1.29 is 9.21 Å². The molecule has 1 heterocycles. The first-order chi connectivity index (χ1) is 9.74. The minimum absolute atomic E-state index is 0.0449. The van der Waals surface area contributed by atoms with Crippen LogP contribution >= 0.6 is 0 Å². The summed E-state index contributed by atoms with van der Waals surface area (Å²) < 4.78 is 5.70. The first kappa shape index (κ1) is 13.4. The molecule has 0 radical (unpaired) electrons. The second-order valence-corrected chi connectivity index (χ2v) is 6.13. The van der Waals surface area contributed by atoms with Crippen LogP contribution in [-0.4, -0.2) is 12.1 Å². The van der Waals surface area contributed by atoms with E-state index < -0.39 is 0 Å². The van der Waals surface area contributed by atoms with Gasteiger partial charge in [0, 0.05) is 11.8 Å². The van der Waals surface area contributed by atoms with Gasteiger partial charge in [0.15, 0.2) is 0 Å². The lowest BCUT2D eigenvalue weighted by Crippen LogP contribution is -2.28. The summed E-state index contributed by atoms with van der Waals surface area (Å²) in [6.45, 7) is 2.23. The summed E-state index contributed by atoms with van der Waals surface area (Å²) in [7, 11) is 0. The van der Waals surface area contributed by atoms with E-state index >= 15 is 0 Å². The SMILES string of the molecule is C[C@H]1C[C@H]1c1ccc(/C=N\NC(=O)C2CCCCC2)o1. The van der Waals surface area contributed by atoms with Crippen LogP contribution in [0, 0.1) is 11.8 Å². The maximum Gasteiger partial charge on any atom is 0.243 e. The van der Waals surface area contributed by atoms with Gasteiger partial charge in [-0.15, -0.1) is 0 Å². The van der Waals surface area contributed by atoms with Gasteiger partial charge in [-0.1, -0.05) is 26.2 Å². The summed E-state index contributed by atoms with van der Waals surface area (Å²) in [5, 5.41) is 4.01. The van der Waals surface area contributed by atoms with Gasteiger partial charge in [-0.05, 0) is 37.3 Å². The van der Waals surface area contributed by atoms with Crippen LogP contribution in [0.5, 0.6) is 0 Å². The Morgan fingerprint density at radius 3 is 2.80 bits per heavy atom. The predicted octanol–water partition coefficient (Wildman–Crippen LogP) is 3.43. The van der Waals surface area contributed by atoms with Gasteiger partial charge in [-0.2, -0.15) is 5.10 Å². The number of nitrogens with zero attached hydrogens (tertiary/aromatic N) is 1. The fourth-order valence-corrected chi connectivity index (χ4v) is 2.97. The van der Waals surface area contributed by atoms with Crippen molar-refractivity contribution in [3.63, 3.8) is 0 Å². The lowest BCUT2D eigenvalue weighted by Gasteiger charge is -2.19. The van der Waals surface area contributed by atoms with Crippen LogP contribution in [0.3, 0.4) is 0 Å². The Bertz CT molecular complexity index is 500. The standard InChI is InChI=1S/C16H22N2O2/c1-11-9-14(11)15-8-7-13(20-15)10-17-18-16(19)12-5-3-2-4-6-12/h7-8,10-12,14H,2-6,9H2,1H3,(H,18,19)/b17-10-/t11-,14+/m0/s1. The molecular weight excluding hydrogens is 252 g/mol. The number of nitrogens with one attached hydrogen (secondary N) is 1. The molecule has 20 heavy (non-hydrogen) atoms. The number of amides is 1. The predicted molar refractivity (Wildman–Crippen MR) is 77.5 cm³/mol. The first-order valence-corrected chi connectivity index (χ1v) is 7.66. The molecule has 0 saturated heterocycles. The number of furan rings is 1. The van der Waals surface area contributed by atoms with Gasteiger partial charge in [0.25, 0.3) is 0 Å². The van der Waals surface area contributed by atoms with Crippen molar-refractivity contribution in [2.24, 2.45) is 16.9 Å². The van der Waals surface area contributed by atoms with Gasteiger partial charge in [-0.25, -0.2) is 5.43 Å². The molecule has 4 nitrogen and oxygen atoms in total. The number of hydrazone groups is 1. The van der Waals surface area contributed by atoms with Crippen molar-refractivity contribution >= 4 is 12.1 Å².